The highest BCUT2D eigenvalue weighted by Gasteiger charge is 2.62. The summed E-state index contributed by atoms with van der Waals surface area (Å²) < 4.78 is 11.0. The van der Waals surface area contributed by atoms with Gasteiger partial charge in [-0.2, -0.15) is 0 Å². The number of fused-ring (bicyclic) bond motifs is 1. The normalized spacial score (nSPS) is 34.9. The standard InChI is InChI=1S/C19H25NO3/c1-11-10-19-14(12(11)2)9-18(21)20(19)6-5-13-7-16(22-3)17(23-4)8-15(13)19/h7-8,11-12,14H,5-6,9-10H2,1-4H3/t11-,12+,14-,19+/m0/s1. The second-order valence-corrected chi connectivity index (χ2v) is 7.44. The number of nitrogens with zero attached hydrogens (tertiary/aromatic N) is 1. The van der Waals surface area contributed by atoms with Gasteiger partial charge in [-0.25, -0.2) is 0 Å². The molecule has 4 nitrogen and oxygen atoms in total. The molecule has 0 unspecified atom stereocenters. The summed E-state index contributed by atoms with van der Waals surface area (Å²) in [6.07, 6.45) is 2.66. The molecule has 23 heavy (non-hydrogen) atoms. The Bertz CT molecular complexity index is 671. The summed E-state index contributed by atoms with van der Waals surface area (Å²) in [6.45, 7) is 5.47. The van der Waals surface area contributed by atoms with Crippen LogP contribution in [-0.4, -0.2) is 31.6 Å². The predicted molar refractivity (Wildman–Crippen MR) is 87.7 cm³/mol. The average molecular weight is 315 g/mol. The van der Waals surface area contributed by atoms with Crippen molar-refractivity contribution >= 4 is 5.91 Å². The quantitative estimate of drug-likeness (QED) is 0.842. The Kier molecular flexibility index (Phi) is 3.16. The van der Waals surface area contributed by atoms with Gasteiger partial charge in [-0.15, -0.1) is 0 Å². The Balaban J connectivity index is 1.93. The molecule has 1 amide bonds. The summed E-state index contributed by atoms with van der Waals surface area (Å²) in [4.78, 5) is 14.8. The smallest absolute Gasteiger partial charge is 0.223 e. The molecule has 1 saturated carbocycles. The molecule has 0 bridgehead atoms. The minimum atomic E-state index is -0.122. The van der Waals surface area contributed by atoms with Crippen LogP contribution in [0.5, 0.6) is 11.5 Å². The van der Waals surface area contributed by atoms with Crippen molar-refractivity contribution in [3.8, 4) is 11.5 Å². The van der Waals surface area contributed by atoms with Gasteiger partial charge in [0.15, 0.2) is 11.5 Å². The van der Waals surface area contributed by atoms with Gasteiger partial charge in [-0.05, 0) is 53.9 Å². The maximum atomic E-state index is 12.6. The zero-order valence-electron chi connectivity index (χ0n) is 14.4. The molecule has 124 valence electrons. The Morgan fingerprint density at radius 2 is 1.87 bits per heavy atom. The first kappa shape index (κ1) is 14.9. The molecule has 4 heteroatoms. The zero-order chi connectivity index (χ0) is 16.4. The maximum Gasteiger partial charge on any atom is 0.223 e. The van der Waals surface area contributed by atoms with Crippen LogP contribution in [0.1, 0.15) is 37.8 Å². The number of carbonyl (C=O) groups excluding carboxylic acids is 1. The summed E-state index contributed by atoms with van der Waals surface area (Å²) >= 11 is 0. The number of carbonyl (C=O) groups is 1. The van der Waals surface area contributed by atoms with Gasteiger partial charge >= 0.3 is 0 Å². The average Bonchev–Trinajstić information content (AvgIpc) is 2.97. The van der Waals surface area contributed by atoms with Crippen LogP contribution in [0.3, 0.4) is 0 Å². The van der Waals surface area contributed by atoms with Gasteiger partial charge in [0, 0.05) is 13.0 Å². The first-order valence-corrected chi connectivity index (χ1v) is 8.58. The lowest BCUT2D eigenvalue weighted by atomic mass is 9.74. The van der Waals surface area contributed by atoms with Gasteiger partial charge in [0.25, 0.3) is 0 Å². The third kappa shape index (κ3) is 1.75. The fourth-order valence-electron chi connectivity index (χ4n) is 5.39. The highest BCUT2D eigenvalue weighted by molar-refractivity contribution is 5.82. The van der Waals surface area contributed by atoms with Crippen molar-refractivity contribution in [2.24, 2.45) is 17.8 Å². The lowest BCUT2D eigenvalue weighted by molar-refractivity contribution is -0.132. The van der Waals surface area contributed by atoms with E-state index in [9.17, 15) is 4.79 Å². The third-order valence-electron chi connectivity index (χ3n) is 6.64. The molecule has 0 aromatic heterocycles. The van der Waals surface area contributed by atoms with Gasteiger partial charge in [0.05, 0.1) is 19.8 Å². The zero-order valence-corrected chi connectivity index (χ0v) is 14.4. The molecular weight excluding hydrogens is 290 g/mol. The summed E-state index contributed by atoms with van der Waals surface area (Å²) in [5, 5.41) is 0. The SMILES string of the molecule is COc1cc2c(cc1OC)[C@@]13C[C@H](C)[C@@H](C)[C@@H]1CC(=O)N3CC2. The molecule has 1 aromatic carbocycles. The second kappa shape index (κ2) is 4.89. The van der Waals surface area contributed by atoms with E-state index in [1.165, 1.54) is 11.1 Å². The number of hydrogen-bond acceptors (Lipinski definition) is 3. The number of rotatable bonds is 2. The van der Waals surface area contributed by atoms with E-state index in [4.69, 9.17) is 9.47 Å². The van der Waals surface area contributed by atoms with E-state index in [-0.39, 0.29) is 5.54 Å². The topological polar surface area (TPSA) is 38.8 Å². The molecule has 1 aromatic rings. The molecule has 0 radical (unpaired) electrons. The van der Waals surface area contributed by atoms with Gasteiger partial charge in [-0.1, -0.05) is 13.8 Å². The molecule has 4 rings (SSSR count). The van der Waals surface area contributed by atoms with Gasteiger partial charge < -0.3 is 14.4 Å². The van der Waals surface area contributed by atoms with Crippen molar-refractivity contribution in [2.75, 3.05) is 20.8 Å². The largest absolute Gasteiger partial charge is 0.493 e. The summed E-state index contributed by atoms with van der Waals surface area (Å²) in [7, 11) is 3.36. The highest BCUT2D eigenvalue weighted by Crippen LogP contribution is 2.61. The predicted octanol–water partition coefficient (Wildman–Crippen LogP) is 2.98. The van der Waals surface area contributed by atoms with Crippen molar-refractivity contribution in [2.45, 2.75) is 38.6 Å². The van der Waals surface area contributed by atoms with Crippen molar-refractivity contribution < 1.29 is 14.3 Å². The lowest BCUT2D eigenvalue weighted by Crippen LogP contribution is -2.49. The van der Waals surface area contributed by atoms with E-state index in [0.717, 1.165) is 30.9 Å². The van der Waals surface area contributed by atoms with Crippen molar-refractivity contribution in [1.29, 1.82) is 0 Å². The third-order valence-corrected chi connectivity index (χ3v) is 6.64. The summed E-state index contributed by atoms with van der Waals surface area (Å²) in [5.74, 6) is 3.51. The minimum Gasteiger partial charge on any atom is -0.493 e. The molecule has 0 N–H and O–H groups in total. The second-order valence-electron chi connectivity index (χ2n) is 7.44. The van der Waals surface area contributed by atoms with Crippen molar-refractivity contribution in [1.82, 2.24) is 4.90 Å². The van der Waals surface area contributed by atoms with E-state index in [1.807, 2.05) is 0 Å². The first-order chi connectivity index (χ1) is 11.0. The maximum absolute atomic E-state index is 12.6. The molecular formula is C19H25NO3. The fourth-order valence-corrected chi connectivity index (χ4v) is 5.39. The molecule has 1 saturated heterocycles. The first-order valence-electron chi connectivity index (χ1n) is 8.58. The van der Waals surface area contributed by atoms with Crippen LogP contribution in [0.25, 0.3) is 0 Å². The fraction of sp³-hybridized carbons (Fsp3) is 0.632. The summed E-state index contributed by atoms with van der Waals surface area (Å²) in [6, 6.07) is 4.25. The molecule has 2 heterocycles. The lowest BCUT2D eigenvalue weighted by Gasteiger charge is -2.45. The van der Waals surface area contributed by atoms with Gasteiger partial charge in [0.1, 0.15) is 0 Å². The molecule has 2 aliphatic heterocycles. The van der Waals surface area contributed by atoms with E-state index >= 15 is 0 Å². The molecule has 4 atom stereocenters. The number of ether oxygens (including phenoxy) is 2. The monoisotopic (exact) mass is 315 g/mol. The van der Waals surface area contributed by atoms with Crippen molar-refractivity contribution in [3.63, 3.8) is 0 Å². The van der Waals surface area contributed by atoms with Crippen LogP contribution in [-0.2, 0) is 16.8 Å². The van der Waals surface area contributed by atoms with Gasteiger partial charge in [-0.3, -0.25) is 4.79 Å². The van der Waals surface area contributed by atoms with E-state index in [1.54, 1.807) is 14.2 Å². The van der Waals surface area contributed by atoms with Crippen LogP contribution in [0.15, 0.2) is 12.1 Å². The van der Waals surface area contributed by atoms with Gasteiger partial charge in [0.2, 0.25) is 5.91 Å². The molecule has 1 spiro atoms. The van der Waals surface area contributed by atoms with Crippen LogP contribution in [0, 0.1) is 17.8 Å². The van der Waals surface area contributed by atoms with E-state index in [0.29, 0.717) is 30.1 Å². The number of methoxy groups -OCH3 is 2. The van der Waals surface area contributed by atoms with Crippen LogP contribution >= 0.6 is 0 Å². The van der Waals surface area contributed by atoms with Crippen molar-refractivity contribution in [3.05, 3.63) is 23.3 Å². The molecule has 3 aliphatic rings. The minimum absolute atomic E-state index is 0.122. The molecule has 2 fully saturated rings. The number of hydrogen-bond donors (Lipinski definition) is 0. The highest BCUT2D eigenvalue weighted by atomic mass is 16.5. The van der Waals surface area contributed by atoms with E-state index < -0.39 is 0 Å². The van der Waals surface area contributed by atoms with Crippen LogP contribution in [0.2, 0.25) is 0 Å². The Hall–Kier alpha value is -1.71. The van der Waals surface area contributed by atoms with Crippen LogP contribution < -0.4 is 9.47 Å². The number of amides is 1. The van der Waals surface area contributed by atoms with Crippen LogP contribution in [0.4, 0.5) is 0 Å². The number of benzene rings is 1. The Morgan fingerprint density at radius 3 is 2.57 bits per heavy atom. The van der Waals surface area contributed by atoms with E-state index in [2.05, 4.69) is 30.9 Å². The Morgan fingerprint density at radius 1 is 1.17 bits per heavy atom. The summed E-state index contributed by atoms with van der Waals surface area (Å²) in [5.41, 5.74) is 2.50. The Labute approximate surface area is 137 Å². The molecule has 1 aliphatic carbocycles.